The largest absolute Gasteiger partial charge is 0.322 e. The van der Waals surface area contributed by atoms with Crippen LogP contribution in [0.5, 0.6) is 0 Å². The van der Waals surface area contributed by atoms with Crippen LogP contribution in [0.1, 0.15) is 10.4 Å². The van der Waals surface area contributed by atoms with Gasteiger partial charge >= 0.3 is 0 Å². The van der Waals surface area contributed by atoms with Crippen LogP contribution in [0, 0.1) is 17.5 Å². The molecule has 1 amide bonds. The van der Waals surface area contributed by atoms with Crippen LogP contribution in [0.3, 0.4) is 0 Å². The Hall–Kier alpha value is -1.95. The Balaban J connectivity index is 2.22. The second-order valence-electron chi connectivity index (χ2n) is 3.75. The van der Waals surface area contributed by atoms with Gasteiger partial charge in [0.2, 0.25) is 0 Å². The van der Waals surface area contributed by atoms with E-state index in [1.165, 1.54) is 12.1 Å². The van der Waals surface area contributed by atoms with Crippen molar-refractivity contribution in [3.63, 3.8) is 0 Å². The van der Waals surface area contributed by atoms with Gasteiger partial charge in [0.1, 0.15) is 0 Å². The Labute approximate surface area is 112 Å². The van der Waals surface area contributed by atoms with Crippen LogP contribution in [0.2, 0.25) is 0 Å². The van der Waals surface area contributed by atoms with Gasteiger partial charge in [0.05, 0.1) is 0 Å². The zero-order valence-electron chi connectivity index (χ0n) is 9.45. The van der Waals surface area contributed by atoms with Crippen molar-refractivity contribution in [3.05, 3.63) is 59.4 Å². The average Bonchev–Trinajstić information content (AvgIpc) is 2.36. The van der Waals surface area contributed by atoms with Gasteiger partial charge in [-0.2, -0.15) is 0 Å². The fourth-order valence-electron chi connectivity index (χ4n) is 1.44. The van der Waals surface area contributed by atoms with Crippen molar-refractivity contribution >= 4 is 24.2 Å². The number of carbonyl (C=O) groups is 1. The number of benzene rings is 2. The summed E-state index contributed by atoms with van der Waals surface area (Å²) in [5, 5.41) is 2.28. The predicted octanol–water partition coefficient (Wildman–Crippen LogP) is 3.64. The molecule has 0 fully saturated rings. The summed E-state index contributed by atoms with van der Waals surface area (Å²) in [5.41, 5.74) is 0.138. The maximum atomic E-state index is 13.0. The number of hydrogen-bond acceptors (Lipinski definition) is 2. The number of carbonyl (C=O) groups excluding carboxylic acids is 1. The van der Waals surface area contributed by atoms with Crippen molar-refractivity contribution in [2.24, 2.45) is 0 Å². The van der Waals surface area contributed by atoms with Gasteiger partial charge in [0, 0.05) is 28.3 Å². The molecule has 0 aliphatic rings. The minimum Gasteiger partial charge on any atom is -0.322 e. The molecule has 0 radical (unpaired) electrons. The third-order valence-corrected chi connectivity index (χ3v) is 2.67. The van der Waals surface area contributed by atoms with Gasteiger partial charge in [-0.15, -0.1) is 12.6 Å². The van der Waals surface area contributed by atoms with Gasteiger partial charge in [-0.3, -0.25) is 4.79 Å². The van der Waals surface area contributed by atoms with E-state index in [9.17, 15) is 18.0 Å². The Morgan fingerprint density at radius 2 is 1.53 bits per heavy atom. The summed E-state index contributed by atoms with van der Waals surface area (Å²) in [6.45, 7) is 0. The summed E-state index contributed by atoms with van der Waals surface area (Å²) in [7, 11) is 0. The molecule has 19 heavy (non-hydrogen) atoms. The summed E-state index contributed by atoms with van der Waals surface area (Å²) in [6.07, 6.45) is 0. The highest BCUT2D eigenvalue weighted by molar-refractivity contribution is 7.80. The van der Waals surface area contributed by atoms with Gasteiger partial charge in [0.15, 0.2) is 17.5 Å². The van der Waals surface area contributed by atoms with E-state index in [0.29, 0.717) is 22.6 Å². The molecule has 98 valence electrons. The number of thiol groups is 1. The molecule has 0 aliphatic carbocycles. The highest BCUT2D eigenvalue weighted by atomic mass is 32.1. The molecule has 2 aromatic carbocycles. The molecule has 0 saturated carbocycles. The average molecular weight is 283 g/mol. The van der Waals surface area contributed by atoms with Crippen LogP contribution in [0.15, 0.2) is 41.3 Å². The van der Waals surface area contributed by atoms with Crippen molar-refractivity contribution in [3.8, 4) is 0 Å². The lowest BCUT2D eigenvalue weighted by atomic mass is 10.2. The zero-order valence-corrected chi connectivity index (χ0v) is 10.3. The smallest absolute Gasteiger partial charge is 0.255 e. The summed E-state index contributed by atoms with van der Waals surface area (Å²) in [6, 6.07) is 7.64. The molecule has 0 atom stereocenters. The molecule has 2 nitrogen and oxygen atoms in total. The molecule has 0 aromatic heterocycles. The molecule has 0 heterocycles. The fraction of sp³-hybridized carbons (Fsp3) is 0. The Bertz CT molecular complexity index is 605. The molecule has 1 N–H and O–H groups in total. The van der Waals surface area contributed by atoms with Gasteiger partial charge in [-0.1, -0.05) is 0 Å². The maximum Gasteiger partial charge on any atom is 0.255 e. The summed E-state index contributed by atoms with van der Waals surface area (Å²) >= 11 is 4.06. The van der Waals surface area contributed by atoms with Crippen LogP contribution in [0.4, 0.5) is 18.9 Å². The number of amides is 1. The second kappa shape index (κ2) is 5.36. The lowest BCUT2D eigenvalue weighted by molar-refractivity contribution is 0.102. The first-order chi connectivity index (χ1) is 8.97. The minimum atomic E-state index is -1.57. The van der Waals surface area contributed by atoms with E-state index < -0.39 is 23.4 Å². The van der Waals surface area contributed by atoms with Crippen molar-refractivity contribution in [2.75, 3.05) is 5.32 Å². The van der Waals surface area contributed by atoms with E-state index in [2.05, 4.69) is 17.9 Å². The van der Waals surface area contributed by atoms with Gasteiger partial charge in [0.25, 0.3) is 5.91 Å². The van der Waals surface area contributed by atoms with E-state index in [-0.39, 0.29) is 5.69 Å². The van der Waals surface area contributed by atoms with Gasteiger partial charge in [-0.25, -0.2) is 13.2 Å². The molecular formula is C13H8F3NOS. The topological polar surface area (TPSA) is 29.1 Å². The number of nitrogens with one attached hydrogen (secondary N) is 1. The van der Waals surface area contributed by atoms with Crippen LogP contribution in [0.25, 0.3) is 0 Å². The molecule has 2 aromatic rings. The van der Waals surface area contributed by atoms with E-state index >= 15 is 0 Å². The first kappa shape index (κ1) is 13.5. The lowest BCUT2D eigenvalue weighted by Gasteiger charge is -2.06. The van der Waals surface area contributed by atoms with Gasteiger partial charge in [-0.05, 0) is 24.3 Å². The highest BCUT2D eigenvalue weighted by Gasteiger charge is 2.12. The van der Waals surface area contributed by atoms with E-state index in [1.807, 2.05) is 0 Å². The summed E-state index contributed by atoms with van der Waals surface area (Å²) < 4.78 is 38.7. The molecule has 0 unspecified atom stereocenters. The van der Waals surface area contributed by atoms with Crippen molar-refractivity contribution in [1.29, 1.82) is 0 Å². The number of anilines is 1. The number of halogens is 3. The van der Waals surface area contributed by atoms with E-state index in [1.54, 1.807) is 12.1 Å². The Morgan fingerprint density at radius 1 is 1.00 bits per heavy atom. The first-order valence-corrected chi connectivity index (χ1v) is 5.67. The first-order valence-electron chi connectivity index (χ1n) is 5.22. The highest BCUT2D eigenvalue weighted by Crippen LogP contribution is 2.18. The van der Waals surface area contributed by atoms with Crippen molar-refractivity contribution < 1.29 is 18.0 Å². The number of hydrogen-bond donors (Lipinski definition) is 2. The zero-order chi connectivity index (χ0) is 14.0. The molecule has 0 spiro atoms. The fourth-order valence-corrected chi connectivity index (χ4v) is 1.59. The van der Waals surface area contributed by atoms with Crippen molar-refractivity contribution in [1.82, 2.24) is 0 Å². The third kappa shape index (κ3) is 3.08. The summed E-state index contributed by atoms with van der Waals surface area (Å²) in [5.74, 6) is -4.85. The van der Waals surface area contributed by atoms with Crippen LogP contribution in [-0.2, 0) is 0 Å². The Morgan fingerprint density at radius 3 is 2.05 bits per heavy atom. The standard InChI is InChI=1S/C13H8F3NOS/c14-10-5-8(6-11(15)12(10)16)17-13(18)7-1-3-9(19)4-2-7/h1-6,19H,(H,17,18). The molecule has 6 heteroatoms. The molecule has 0 saturated heterocycles. The van der Waals surface area contributed by atoms with Gasteiger partial charge < -0.3 is 5.32 Å². The van der Waals surface area contributed by atoms with Crippen molar-refractivity contribution in [2.45, 2.75) is 4.90 Å². The third-order valence-electron chi connectivity index (χ3n) is 2.37. The lowest BCUT2D eigenvalue weighted by Crippen LogP contribution is -2.12. The summed E-state index contributed by atoms with van der Waals surface area (Å²) in [4.78, 5) is 12.4. The van der Waals surface area contributed by atoms with E-state index in [0.717, 1.165) is 0 Å². The van der Waals surface area contributed by atoms with Crippen LogP contribution < -0.4 is 5.32 Å². The molecule has 2 rings (SSSR count). The minimum absolute atomic E-state index is 0.156. The predicted molar refractivity (Wildman–Crippen MR) is 68.0 cm³/mol. The maximum absolute atomic E-state index is 13.0. The molecular weight excluding hydrogens is 275 g/mol. The SMILES string of the molecule is O=C(Nc1cc(F)c(F)c(F)c1)c1ccc(S)cc1. The monoisotopic (exact) mass is 283 g/mol. The molecule has 0 aliphatic heterocycles. The quantitative estimate of drug-likeness (QED) is 0.639. The second-order valence-corrected chi connectivity index (χ2v) is 4.27. The Kier molecular flexibility index (Phi) is 3.80. The molecule has 0 bridgehead atoms. The normalized spacial score (nSPS) is 10.3. The van der Waals surface area contributed by atoms with Crippen LogP contribution >= 0.6 is 12.6 Å². The van der Waals surface area contributed by atoms with Crippen LogP contribution in [-0.4, -0.2) is 5.91 Å². The number of rotatable bonds is 2. The van der Waals surface area contributed by atoms with E-state index in [4.69, 9.17) is 0 Å².